The van der Waals surface area contributed by atoms with Crippen LogP contribution in [0.15, 0.2) is 261 Å². The summed E-state index contributed by atoms with van der Waals surface area (Å²) in [7, 11) is 0. The minimum atomic E-state index is -0.617. The van der Waals surface area contributed by atoms with Crippen molar-refractivity contribution in [1.82, 2.24) is 0 Å². The molecule has 0 N–H and O–H groups in total. The fourth-order valence-corrected chi connectivity index (χ4v) is 12.3. The van der Waals surface area contributed by atoms with Crippen LogP contribution >= 0.6 is 11.3 Å². The molecule has 1 aromatic heterocycles. The molecule has 12 aromatic rings. The molecule has 11 aromatic carbocycles. The molecule has 0 fully saturated rings. The van der Waals surface area contributed by atoms with Crippen LogP contribution in [0.25, 0.3) is 75.5 Å². The third-order valence-corrected chi connectivity index (χ3v) is 15.2. The molecule has 0 amide bonds. The van der Waals surface area contributed by atoms with Gasteiger partial charge in [-0.1, -0.05) is 231 Å². The van der Waals surface area contributed by atoms with Gasteiger partial charge in [0.2, 0.25) is 0 Å². The zero-order chi connectivity index (χ0) is 44.3. The number of hydrogen-bond acceptors (Lipinski definition) is 2. The van der Waals surface area contributed by atoms with E-state index in [0.29, 0.717) is 0 Å². The summed E-state index contributed by atoms with van der Waals surface area (Å²) in [6.45, 7) is 0. The molecule has 0 radical (unpaired) electrons. The lowest BCUT2D eigenvalue weighted by atomic mass is 9.66. The van der Waals surface area contributed by atoms with Gasteiger partial charge in [0.05, 0.1) is 11.1 Å². The Morgan fingerprint density at radius 1 is 0.313 bits per heavy atom. The molecule has 0 atom stereocenters. The Morgan fingerprint density at radius 3 is 1.45 bits per heavy atom. The van der Waals surface area contributed by atoms with Crippen molar-refractivity contribution in [2.45, 2.75) is 5.41 Å². The summed E-state index contributed by atoms with van der Waals surface area (Å²) < 4.78 is 2.63. The number of fused-ring (bicyclic) bond motifs is 8. The molecule has 0 bridgehead atoms. The van der Waals surface area contributed by atoms with E-state index in [2.05, 4.69) is 266 Å². The highest BCUT2D eigenvalue weighted by molar-refractivity contribution is 7.26. The van der Waals surface area contributed by atoms with Gasteiger partial charge in [-0.2, -0.15) is 0 Å². The van der Waals surface area contributed by atoms with Crippen molar-refractivity contribution in [3.63, 3.8) is 0 Å². The average molecular weight is 870 g/mol. The minimum Gasteiger partial charge on any atom is -0.309 e. The first-order valence-electron chi connectivity index (χ1n) is 23.1. The number of rotatable bonds is 8. The van der Waals surface area contributed by atoms with Crippen molar-refractivity contribution in [1.29, 1.82) is 0 Å². The normalized spacial score (nSPS) is 12.6. The number of anilines is 3. The lowest BCUT2D eigenvalue weighted by molar-refractivity contribution is 0.775. The maximum absolute atomic E-state index is 2.55. The van der Waals surface area contributed by atoms with Gasteiger partial charge in [-0.25, -0.2) is 0 Å². The van der Waals surface area contributed by atoms with Crippen LogP contribution in [-0.2, 0) is 5.41 Å². The van der Waals surface area contributed by atoms with E-state index in [1.807, 2.05) is 11.3 Å². The lowest BCUT2D eigenvalue weighted by Crippen LogP contribution is -2.29. The van der Waals surface area contributed by atoms with E-state index in [0.717, 1.165) is 17.1 Å². The van der Waals surface area contributed by atoms with Gasteiger partial charge in [-0.15, -0.1) is 11.3 Å². The van der Waals surface area contributed by atoms with Crippen LogP contribution in [0.3, 0.4) is 0 Å². The summed E-state index contributed by atoms with van der Waals surface area (Å²) in [6, 6.07) is 96.5. The van der Waals surface area contributed by atoms with E-state index in [-0.39, 0.29) is 0 Å². The fourth-order valence-electron chi connectivity index (χ4n) is 11.1. The fraction of sp³-hybridized carbons (Fsp3) is 0.0154. The second-order valence-corrected chi connectivity index (χ2v) is 18.5. The van der Waals surface area contributed by atoms with Gasteiger partial charge in [0.25, 0.3) is 0 Å². The Kier molecular flexibility index (Phi) is 9.33. The first-order chi connectivity index (χ1) is 33.3. The van der Waals surface area contributed by atoms with Gasteiger partial charge in [-0.3, -0.25) is 0 Å². The van der Waals surface area contributed by atoms with E-state index in [1.165, 1.54) is 97.7 Å². The van der Waals surface area contributed by atoms with Gasteiger partial charge in [-0.05, 0) is 96.7 Å². The molecule has 0 unspecified atom stereocenters. The highest BCUT2D eigenvalue weighted by Gasteiger charge is 2.49. The van der Waals surface area contributed by atoms with Crippen LogP contribution in [0.1, 0.15) is 22.3 Å². The third-order valence-electron chi connectivity index (χ3n) is 13.9. The molecule has 67 heavy (non-hydrogen) atoms. The second-order valence-electron chi connectivity index (χ2n) is 17.5. The number of benzene rings is 11. The van der Waals surface area contributed by atoms with Gasteiger partial charge in [0.1, 0.15) is 0 Å². The number of nitrogens with zero attached hydrogens (tertiary/aromatic N) is 1. The van der Waals surface area contributed by atoms with E-state index >= 15 is 0 Å². The third kappa shape index (κ3) is 6.14. The molecular formula is C65H43NS. The van der Waals surface area contributed by atoms with Crippen molar-refractivity contribution < 1.29 is 0 Å². The molecule has 0 aliphatic heterocycles. The number of thiophene rings is 1. The van der Waals surface area contributed by atoms with E-state index in [9.17, 15) is 0 Å². The maximum Gasteiger partial charge on any atom is 0.0720 e. The summed E-state index contributed by atoms with van der Waals surface area (Å²) in [4.78, 5) is 2.55. The van der Waals surface area contributed by atoms with Crippen LogP contribution < -0.4 is 4.90 Å². The molecular weight excluding hydrogens is 827 g/mol. The predicted molar refractivity (Wildman–Crippen MR) is 285 cm³/mol. The van der Waals surface area contributed by atoms with Crippen LogP contribution in [-0.4, -0.2) is 0 Å². The van der Waals surface area contributed by atoms with E-state index in [4.69, 9.17) is 0 Å². The first kappa shape index (κ1) is 39.1. The molecule has 2 heteroatoms. The van der Waals surface area contributed by atoms with Crippen LogP contribution in [0.5, 0.6) is 0 Å². The zero-order valence-electron chi connectivity index (χ0n) is 36.7. The van der Waals surface area contributed by atoms with Crippen molar-refractivity contribution in [3.8, 4) is 44.5 Å². The summed E-state index contributed by atoms with van der Waals surface area (Å²) >= 11 is 1.88. The SMILES string of the molecule is c1ccc(-c2ccc(N(c3ccc(-c4cccc5c4sc4ccccc45)cc3)c3c4c(c5ccccc5c3-c3ccccc3)C(c3ccccc3)(c3ccccc3)c3ccccc3-4)cc2)cc1. The second kappa shape index (κ2) is 16.0. The Hall–Kier alpha value is -8.30. The van der Waals surface area contributed by atoms with Gasteiger partial charge in [0, 0.05) is 42.7 Å². The molecule has 1 nitrogen and oxygen atoms in total. The topological polar surface area (TPSA) is 3.24 Å². The quantitative estimate of drug-likeness (QED) is 0.147. The monoisotopic (exact) mass is 869 g/mol. The average Bonchev–Trinajstić information content (AvgIpc) is 3.95. The van der Waals surface area contributed by atoms with E-state index in [1.54, 1.807) is 0 Å². The maximum atomic E-state index is 2.55. The van der Waals surface area contributed by atoms with Crippen molar-refractivity contribution in [2.75, 3.05) is 4.90 Å². The molecule has 0 saturated carbocycles. The largest absolute Gasteiger partial charge is 0.309 e. The van der Waals surface area contributed by atoms with Gasteiger partial charge < -0.3 is 4.90 Å². The molecule has 1 aliphatic carbocycles. The Bertz CT molecular complexity index is 3720. The highest BCUT2D eigenvalue weighted by Crippen LogP contribution is 2.64. The Morgan fingerprint density at radius 2 is 0.791 bits per heavy atom. The van der Waals surface area contributed by atoms with Crippen molar-refractivity contribution in [3.05, 3.63) is 283 Å². The summed E-state index contributed by atoms with van der Waals surface area (Å²) in [5.74, 6) is 0. The van der Waals surface area contributed by atoms with E-state index < -0.39 is 5.41 Å². The Balaban J connectivity index is 1.15. The highest BCUT2D eigenvalue weighted by atomic mass is 32.1. The smallest absolute Gasteiger partial charge is 0.0720 e. The van der Waals surface area contributed by atoms with Crippen LogP contribution in [0.2, 0.25) is 0 Å². The standard InChI is InChI=1S/C65H43NS/c1-5-20-44(21-6-1)45-36-40-50(41-37-45)66(51-42-38-46(39-43-51)52-32-19-33-56-53-28-16-18-35-59(53)67-64(52)56)63-60(47-22-7-2-8-23-47)54-29-13-14-30-55(54)62-61(63)57-31-15-17-34-58(57)65(62,48-24-9-3-10-25-48)49-26-11-4-12-27-49/h1-43H. The summed E-state index contributed by atoms with van der Waals surface area (Å²) in [5, 5.41) is 5.08. The molecule has 0 saturated heterocycles. The number of hydrogen-bond donors (Lipinski definition) is 0. The molecule has 1 heterocycles. The molecule has 13 rings (SSSR count). The first-order valence-corrected chi connectivity index (χ1v) is 23.9. The molecule has 0 spiro atoms. The summed E-state index contributed by atoms with van der Waals surface area (Å²) in [6.07, 6.45) is 0. The molecule has 1 aliphatic rings. The zero-order valence-corrected chi connectivity index (χ0v) is 37.5. The predicted octanol–water partition coefficient (Wildman–Crippen LogP) is 18.0. The lowest BCUT2D eigenvalue weighted by Gasteiger charge is -2.36. The summed E-state index contributed by atoms with van der Waals surface area (Å²) in [5.41, 5.74) is 17.5. The molecule has 314 valence electrons. The van der Waals surface area contributed by atoms with Crippen molar-refractivity contribution in [2.24, 2.45) is 0 Å². The van der Waals surface area contributed by atoms with Gasteiger partial charge >= 0.3 is 0 Å². The van der Waals surface area contributed by atoms with Gasteiger partial charge in [0.15, 0.2) is 0 Å². The Labute approximate surface area is 395 Å². The minimum absolute atomic E-state index is 0.617. The van der Waals surface area contributed by atoms with Crippen LogP contribution in [0.4, 0.5) is 17.1 Å². The van der Waals surface area contributed by atoms with Crippen LogP contribution in [0, 0.1) is 0 Å². The van der Waals surface area contributed by atoms with Crippen molar-refractivity contribution >= 4 is 59.3 Å².